The molecule has 0 aliphatic heterocycles. The molecule has 1 heterocycles. The van der Waals surface area contributed by atoms with Crippen molar-refractivity contribution in [3.05, 3.63) is 46.9 Å². The number of ether oxygens (including phenoxy) is 1. The Morgan fingerprint density at radius 1 is 1.19 bits per heavy atom. The van der Waals surface area contributed by atoms with Gasteiger partial charge in [-0.05, 0) is 30.7 Å². The Labute approximate surface area is 176 Å². The summed E-state index contributed by atoms with van der Waals surface area (Å²) in [4.78, 5) is 16.6. The largest absolute Gasteiger partial charge is 0.534 e. The summed E-state index contributed by atoms with van der Waals surface area (Å²) in [6.07, 6.45) is 0. The van der Waals surface area contributed by atoms with Gasteiger partial charge in [0.15, 0.2) is 0 Å². The van der Waals surface area contributed by atoms with Crippen LogP contribution in [-0.2, 0) is 21.4 Å². The predicted octanol–water partition coefficient (Wildman–Crippen LogP) is 3.75. The molecule has 0 saturated carbocycles. The second-order valence-electron chi connectivity index (χ2n) is 6.70. The molecule has 2 rings (SSSR count). The number of alkyl halides is 3. The summed E-state index contributed by atoms with van der Waals surface area (Å²) in [7, 11) is -3.49. The minimum absolute atomic E-state index is 0.0206. The molecule has 0 radical (unpaired) electrons. The lowest BCUT2D eigenvalue weighted by molar-refractivity contribution is -0.0501. The number of benzene rings is 1. The van der Waals surface area contributed by atoms with Gasteiger partial charge in [0, 0.05) is 17.7 Å². The topological polar surface area (TPSA) is 94.6 Å². The molecule has 12 heteroatoms. The van der Waals surface area contributed by atoms with E-state index in [1.165, 1.54) is 19.2 Å². The minimum Gasteiger partial charge on any atom is -0.465 e. The molecular weight excluding hydrogens is 444 g/mol. The average Bonchev–Trinajstić information content (AvgIpc) is 2.67. The summed E-state index contributed by atoms with van der Waals surface area (Å²) >= 11 is 0. The molecule has 31 heavy (non-hydrogen) atoms. The van der Waals surface area contributed by atoms with Gasteiger partial charge in [0.1, 0.15) is 5.82 Å². The number of methoxy groups -OCH3 is 1. The molecular formula is C19H20F4N2O5S. The van der Waals surface area contributed by atoms with E-state index in [1.54, 1.807) is 13.8 Å². The molecule has 2 aromatic rings. The number of aromatic nitrogens is 1. The normalized spacial score (nSPS) is 12.2. The Morgan fingerprint density at radius 3 is 2.23 bits per heavy atom. The fraction of sp³-hybridized carbons (Fsp3) is 0.368. The van der Waals surface area contributed by atoms with Gasteiger partial charge in [-0.25, -0.2) is 14.2 Å². The molecule has 1 aromatic carbocycles. The fourth-order valence-corrected chi connectivity index (χ4v) is 3.28. The third-order valence-electron chi connectivity index (χ3n) is 4.18. The number of halogens is 4. The van der Waals surface area contributed by atoms with Crippen molar-refractivity contribution >= 4 is 16.1 Å². The lowest BCUT2D eigenvalue weighted by Crippen LogP contribution is -2.29. The summed E-state index contributed by atoms with van der Waals surface area (Å²) in [5, 5.41) is 2.68. The van der Waals surface area contributed by atoms with Crippen LogP contribution in [0.2, 0.25) is 0 Å². The van der Waals surface area contributed by atoms with Gasteiger partial charge in [-0.15, -0.1) is 0 Å². The first kappa shape index (κ1) is 24.5. The Kier molecular flexibility index (Phi) is 7.27. The Hall–Kier alpha value is -2.73. The number of esters is 1. The smallest absolute Gasteiger partial charge is 0.465 e. The van der Waals surface area contributed by atoms with Crippen molar-refractivity contribution in [3.8, 4) is 17.0 Å². The van der Waals surface area contributed by atoms with Gasteiger partial charge >= 0.3 is 21.6 Å². The van der Waals surface area contributed by atoms with E-state index in [9.17, 15) is 30.8 Å². The number of carbonyl (C=O) groups is 1. The highest BCUT2D eigenvalue weighted by Gasteiger charge is 2.49. The molecule has 0 unspecified atom stereocenters. The summed E-state index contributed by atoms with van der Waals surface area (Å²) in [6.45, 7) is 2.98. The molecule has 1 aromatic heterocycles. The monoisotopic (exact) mass is 464 g/mol. The molecule has 0 bridgehead atoms. The SMILES string of the molecule is CNCc1c(OS(=O)(=O)C(F)(F)F)nc(C(C)C)c(C(=O)OC)c1-c1ccc(F)cc1. The van der Waals surface area contributed by atoms with Crippen molar-refractivity contribution in [2.45, 2.75) is 31.8 Å². The van der Waals surface area contributed by atoms with Crippen LogP contribution < -0.4 is 9.50 Å². The van der Waals surface area contributed by atoms with E-state index < -0.39 is 39.2 Å². The summed E-state index contributed by atoms with van der Waals surface area (Å²) < 4.78 is 84.9. The fourth-order valence-electron chi connectivity index (χ4n) is 2.84. The lowest BCUT2D eigenvalue weighted by Gasteiger charge is -2.22. The molecule has 170 valence electrons. The number of hydrogen-bond acceptors (Lipinski definition) is 7. The maximum Gasteiger partial charge on any atom is 0.534 e. The van der Waals surface area contributed by atoms with Crippen LogP contribution in [0.4, 0.5) is 17.6 Å². The number of rotatable bonds is 7. The first-order valence-electron chi connectivity index (χ1n) is 8.90. The molecule has 0 amide bonds. The number of pyridine rings is 1. The lowest BCUT2D eigenvalue weighted by atomic mass is 9.90. The molecule has 0 spiro atoms. The van der Waals surface area contributed by atoms with Gasteiger partial charge < -0.3 is 14.2 Å². The van der Waals surface area contributed by atoms with Crippen LogP contribution in [0.5, 0.6) is 5.88 Å². The van der Waals surface area contributed by atoms with Crippen LogP contribution >= 0.6 is 0 Å². The molecule has 0 aliphatic carbocycles. The van der Waals surface area contributed by atoms with Crippen LogP contribution in [0.3, 0.4) is 0 Å². The maximum absolute atomic E-state index is 13.5. The quantitative estimate of drug-likeness (QED) is 0.289. The van der Waals surface area contributed by atoms with E-state index in [2.05, 4.69) is 14.5 Å². The highest BCUT2D eigenvalue weighted by molar-refractivity contribution is 7.87. The zero-order valence-electron chi connectivity index (χ0n) is 17.0. The third kappa shape index (κ3) is 5.13. The van der Waals surface area contributed by atoms with Crippen molar-refractivity contribution in [2.24, 2.45) is 0 Å². The number of nitrogens with zero attached hydrogens (tertiary/aromatic N) is 1. The van der Waals surface area contributed by atoms with Crippen LogP contribution in [0.15, 0.2) is 24.3 Å². The number of nitrogens with one attached hydrogen (secondary N) is 1. The van der Waals surface area contributed by atoms with Gasteiger partial charge in [-0.2, -0.15) is 21.6 Å². The number of hydrogen-bond donors (Lipinski definition) is 1. The highest BCUT2D eigenvalue weighted by atomic mass is 32.2. The second-order valence-corrected chi connectivity index (χ2v) is 8.24. The van der Waals surface area contributed by atoms with Crippen LogP contribution in [0.25, 0.3) is 11.1 Å². The first-order valence-corrected chi connectivity index (χ1v) is 10.3. The summed E-state index contributed by atoms with van der Waals surface area (Å²) in [6, 6.07) is 4.76. The van der Waals surface area contributed by atoms with E-state index in [4.69, 9.17) is 4.74 Å². The van der Waals surface area contributed by atoms with Crippen molar-refractivity contribution in [3.63, 3.8) is 0 Å². The molecule has 0 atom stereocenters. The van der Waals surface area contributed by atoms with Crippen LogP contribution in [0, 0.1) is 5.82 Å². The van der Waals surface area contributed by atoms with E-state index in [-0.39, 0.29) is 34.5 Å². The average molecular weight is 464 g/mol. The minimum atomic E-state index is -6.04. The maximum atomic E-state index is 13.5. The van der Waals surface area contributed by atoms with E-state index in [0.29, 0.717) is 0 Å². The van der Waals surface area contributed by atoms with Crippen molar-refractivity contribution in [1.29, 1.82) is 0 Å². The molecule has 0 aliphatic rings. The Balaban J connectivity index is 2.99. The molecule has 1 N–H and O–H groups in total. The molecule has 0 fully saturated rings. The molecule has 7 nitrogen and oxygen atoms in total. The first-order chi connectivity index (χ1) is 14.3. The van der Waals surface area contributed by atoms with Gasteiger partial charge in [0.05, 0.1) is 18.4 Å². The Morgan fingerprint density at radius 2 is 1.77 bits per heavy atom. The van der Waals surface area contributed by atoms with Crippen LogP contribution in [0.1, 0.15) is 41.4 Å². The van der Waals surface area contributed by atoms with Gasteiger partial charge in [0.2, 0.25) is 5.88 Å². The van der Waals surface area contributed by atoms with E-state index in [1.807, 2.05) is 0 Å². The van der Waals surface area contributed by atoms with E-state index >= 15 is 0 Å². The van der Waals surface area contributed by atoms with Crippen LogP contribution in [-0.4, -0.2) is 39.0 Å². The molecule has 0 saturated heterocycles. The number of carbonyl (C=O) groups excluding carboxylic acids is 1. The van der Waals surface area contributed by atoms with Crippen molar-refractivity contribution < 1.29 is 39.7 Å². The van der Waals surface area contributed by atoms with Gasteiger partial charge in [-0.3, -0.25) is 0 Å². The van der Waals surface area contributed by atoms with Crippen molar-refractivity contribution in [1.82, 2.24) is 10.3 Å². The zero-order valence-corrected chi connectivity index (χ0v) is 17.8. The van der Waals surface area contributed by atoms with Crippen molar-refractivity contribution in [2.75, 3.05) is 14.2 Å². The van der Waals surface area contributed by atoms with Gasteiger partial charge in [-0.1, -0.05) is 26.0 Å². The predicted molar refractivity (Wildman–Crippen MR) is 103 cm³/mol. The third-order valence-corrected chi connectivity index (χ3v) is 5.13. The summed E-state index contributed by atoms with van der Waals surface area (Å²) in [5.41, 5.74) is -5.73. The Bertz CT molecular complexity index is 1070. The standard InChI is InChI=1S/C19H20F4N2O5S/c1-10(2)16-15(18(26)29-4)14(11-5-7-12(20)8-6-11)13(9-24-3)17(25-16)30-31(27,28)19(21,22)23/h5-8,10,24H,9H2,1-4H3. The van der Waals surface area contributed by atoms with Gasteiger partial charge in [0.25, 0.3) is 0 Å². The summed E-state index contributed by atoms with van der Waals surface area (Å²) in [5.74, 6) is -2.82. The zero-order chi connectivity index (χ0) is 23.6. The second kappa shape index (κ2) is 9.18. The highest BCUT2D eigenvalue weighted by Crippen LogP contribution is 2.39. The van der Waals surface area contributed by atoms with E-state index in [0.717, 1.165) is 19.2 Å².